The fraction of sp³-hybridized carbons (Fsp3) is 0.417. The predicted octanol–water partition coefficient (Wildman–Crippen LogP) is 1.26. The smallest absolute Gasteiger partial charge is 0.321 e. The summed E-state index contributed by atoms with van der Waals surface area (Å²) in [7, 11) is 1.61. The number of urea groups is 1. The van der Waals surface area contributed by atoms with Gasteiger partial charge in [0.1, 0.15) is 5.75 Å². The lowest BCUT2D eigenvalue weighted by Crippen LogP contribution is -2.67. The van der Waals surface area contributed by atoms with Gasteiger partial charge in [0.15, 0.2) is 0 Å². The molecule has 2 rings (SSSR count). The molecule has 1 saturated heterocycles. The van der Waals surface area contributed by atoms with Crippen molar-refractivity contribution < 1.29 is 9.53 Å². The average molecular weight is 235 g/mol. The quantitative estimate of drug-likeness (QED) is 0.811. The summed E-state index contributed by atoms with van der Waals surface area (Å²) in [4.78, 5) is 13.4. The Morgan fingerprint density at radius 2 is 2.00 bits per heavy atom. The number of benzene rings is 1. The minimum absolute atomic E-state index is 0.113. The van der Waals surface area contributed by atoms with Crippen LogP contribution >= 0.6 is 0 Å². The van der Waals surface area contributed by atoms with Gasteiger partial charge < -0.3 is 20.7 Å². The molecule has 5 nitrogen and oxygen atoms in total. The van der Waals surface area contributed by atoms with Crippen molar-refractivity contribution in [2.24, 2.45) is 5.73 Å². The maximum atomic E-state index is 11.8. The van der Waals surface area contributed by atoms with Crippen molar-refractivity contribution in [2.45, 2.75) is 12.5 Å². The molecular formula is C12H17N3O2. The molecule has 0 bridgehead atoms. The van der Waals surface area contributed by atoms with Crippen molar-refractivity contribution in [3.8, 4) is 5.75 Å². The SMILES string of the molecule is COc1ccc(NC(=O)N2CC(C)(N)C2)cc1. The Hall–Kier alpha value is -1.75. The van der Waals surface area contributed by atoms with Gasteiger partial charge in [0.05, 0.1) is 7.11 Å². The van der Waals surface area contributed by atoms with Gasteiger partial charge in [-0.05, 0) is 31.2 Å². The number of methoxy groups -OCH3 is 1. The summed E-state index contributed by atoms with van der Waals surface area (Å²) >= 11 is 0. The molecular weight excluding hydrogens is 218 g/mol. The highest BCUT2D eigenvalue weighted by Crippen LogP contribution is 2.20. The van der Waals surface area contributed by atoms with Gasteiger partial charge in [0.25, 0.3) is 0 Å². The van der Waals surface area contributed by atoms with E-state index in [0.717, 1.165) is 11.4 Å². The molecule has 1 aromatic carbocycles. The van der Waals surface area contributed by atoms with Crippen molar-refractivity contribution >= 4 is 11.7 Å². The largest absolute Gasteiger partial charge is 0.497 e. The molecule has 92 valence electrons. The molecule has 0 aliphatic carbocycles. The zero-order chi connectivity index (χ0) is 12.5. The van der Waals surface area contributed by atoms with E-state index in [1.54, 1.807) is 36.3 Å². The van der Waals surface area contributed by atoms with E-state index in [0.29, 0.717) is 13.1 Å². The second-order valence-electron chi connectivity index (χ2n) is 4.67. The summed E-state index contributed by atoms with van der Waals surface area (Å²) < 4.78 is 5.04. The number of nitrogens with two attached hydrogens (primary N) is 1. The first-order valence-corrected chi connectivity index (χ1v) is 5.49. The van der Waals surface area contributed by atoms with Crippen LogP contribution in [0.3, 0.4) is 0 Å². The highest BCUT2D eigenvalue weighted by molar-refractivity contribution is 5.90. The summed E-state index contributed by atoms with van der Waals surface area (Å²) in [5, 5.41) is 2.81. The van der Waals surface area contributed by atoms with Crippen LogP contribution in [0.4, 0.5) is 10.5 Å². The number of carbonyl (C=O) groups is 1. The molecule has 0 spiro atoms. The number of likely N-dealkylation sites (tertiary alicyclic amines) is 1. The van der Waals surface area contributed by atoms with Crippen LogP contribution in [0.2, 0.25) is 0 Å². The van der Waals surface area contributed by atoms with E-state index in [1.807, 2.05) is 6.92 Å². The lowest BCUT2D eigenvalue weighted by atomic mass is 9.94. The zero-order valence-electron chi connectivity index (χ0n) is 10.1. The van der Waals surface area contributed by atoms with Gasteiger partial charge in [-0.3, -0.25) is 0 Å². The summed E-state index contributed by atoms with van der Waals surface area (Å²) in [5.74, 6) is 0.765. The lowest BCUT2D eigenvalue weighted by molar-refractivity contribution is 0.117. The van der Waals surface area contributed by atoms with E-state index in [-0.39, 0.29) is 11.6 Å². The van der Waals surface area contributed by atoms with Crippen LogP contribution in [-0.4, -0.2) is 36.7 Å². The van der Waals surface area contributed by atoms with Crippen molar-refractivity contribution in [1.82, 2.24) is 4.90 Å². The molecule has 0 unspecified atom stereocenters. The maximum absolute atomic E-state index is 11.8. The van der Waals surface area contributed by atoms with E-state index in [1.165, 1.54) is 0 Å². The molecule has 2 amide bonds. The minimum Gasteiger partial charge on any atom is -0.497 e. The van der Waals surface area contributed by atoms with Crippen LogP contribution in [0.25, 0.3) is 0 Å². The first-order chi connectivity index (χ1) is 8.00. The summed E-state index contributed by atoms with van der Waals surface area (Å²) in [6.07, 6.45) is 0. The highest BCUT2D eigenvalue weighted by Gasteiger charge is 2.37. The Labute approximate surface area is 101 Å². The number of nitrogens with one attached hydrogen (secondary N) is 1. The standard InChI is InChI=1S/C12H17N3O2/c1-12(13)7-15(8-12)11(16)14-9-3-5-10(17-2)6-4-9/h3-6H,7-8,13H2,1-2H3,(H,14,16). The van der Waals surface area contributed by atoms with Crippen molar-refractivity contribution in [3.05, 3.63) is 24.3 Å². The molecule has 1 aliphatic rings. The molecule has 1 aliphatic heterocycles. The Kier molecular flexibility index (Phi) is 2.93. The molecule has 1 heterocycles. The van der Waals surface area contributed by atoms with Crippen LogP contribution in [0, 0.1) is 0 Å². The van der Waals surface area contributed by atoms with E-state index >= 15 is 0 Å². The highest BCUT2D eigenvalue weighted by atomic mass is 16.5. The second-order valence-corrected chi connectivity index (χ2v) is 4.67. The van der Waals surface area contributed by atoms with E-state index in [2.05, 4.69) is 5.32 Å². The van der Waals surface area contributed by atoms with Crippen molar-refractivity contribution in [2.75, 3.05) is 25.5 Å². The topological polar surface area (TPSA) is 67.6 Å². The van der Waals surface area contributed by atoms with Gasteiger partial charge in [0.2, 0.25) is 0 Å². The first kappa shape index (κ1) is 11.7. The zero-order valence-corrected chi connectivity index (χ0v) is 10.1. The normalized spacial score (nSPS) is 17.2. The third-order valence-corrected chi connectivity index (χ3v) is 2.73. The molecule has 5 heteroatoms. The third-order valence-electron chi connectivity index (χ3n) is 2.73. The van der Waals surface area contributed by atoms with Gasteiger partial charge >= 0.3 is 6.03 Å². The monoisotopic (exact) mass is 235 g/mol. The van der Waals surface area contributed by atoms with E-state index < -0.39 is 0 Å². The number of ether oxygens (including phenoxy) is 1. The molecule has 1 fully saturated rings. The van der Waals surface area contributed by atoms with Crippen LogP contribution < -0.4 is 15.8 Å². The number of hydrogen-bond donors (Lipinski definition) is 2. The molecule has 0 aromatic heterocycles. The average Bonchev–Trinajstić information content (AvgIpc) is 2.26. The molecule has 17 heavy (non-hydrogen) atoms. The second kappa shape index (κ2) is 4.25. The van der Waals surface area contributed by atoms with Crippen molar-refractivity contribution in [1.29, 1.82) is 0 Å². The number of hydrogen-bond acceptors (Lipinski definition) is 3. The van der Waals surface area contributed by atoms with Crippen LogP contribution in [-0.2, 0) is 0 Å². The molecule has 0 atom stereocenters. The number of carbonyl (C=O) groups excluding carboxylic acids is 1. The summed E-state index contributed by atoms with van der Waals surface area (Å²) in [5.41, 5.74) is 6.36. The predicted molar refractivity (Wildman–Crippen MR) is 66.2 cm³/mol. The number of amides is 2. The van der Waals surface area contributed by atoms with Crippen molar-refractivity contribution in [3.63, 3.8) is 0 Å². The van der Waals surface area contributed by atoms with E-state index in [4.69, 9.17) is 10.5 Å². The van der Waals surface area contributed by atoms with Crippen LogP contribution in [0.5, 0.6) is 5.75 Å². The number of nitrogens with zero attached hydrogens (tertiary/aromatic N) is 1. The number of anilines is 1. The third kappa shape index (κ3) is 2.68. The fourth-order valence-electron chi connectivity index (χ4n) is 1.85. The molecule has 1 aromatic rings. The maximum Gasteiger partial charge on any atom is 0.321 e. The lowest BCUT2D eigenvalue weighted by Gasteiger charge is -2.45. The van der Waals surface area contributed by atoms with Gasteiger partial charge in [0, 0.05) is 24.3 Å². The van der Waals surface area contributed by atoms with Gasteiger partial charge in [-0.25, -0.2) is 4.79 Å². The van der Waals surface area contributed by atoms with Gasteiger partial charge in [-0.15, -0.1) is 0 Å². The Bertz CT molecular complexity index is 406. The fourth-order valence-corrected chi connectivity index (χ4v) is 1.85. The van der Waals surface area contributed by atoms with E-state index in [9.17, 15) is 4.79 Å². The van der Waals surface area contributed by atoms with Crippen LogP contribution in [0.15, 0.2) is 24.3 Å². The minimum atomic E-state index is -0.239. The van der Waals surface area contributed by atoms with Crippen LogP contribution in [0.1, 0.15) is 6.92 Å². The molecule has 0 saturated carbocycles. The molecule has 0 radical (unpaired) electrons. The Morgan fingerprint density at radius 1 is 1.41 bits per heavy atom. The van der Waals surface area contributed by atoms with Gasteiger partial charge in [-0.2, -0.15) is 0 Å². The Morgan fingerprint density at radius 3 is 2.47 bits per heavy atom. The number of rotatable bonds is 2. The first-order valence-electron chi connectivity index (χ1n) is 5.49. The summed E-state index contributed by atoms with van der Waals surface area (Å²) in [6, 6.07) is 7.10. The van der Waals surface area contributed by atoms with Gasteiger partial charge in [-0.1, -0.05) is 0 Å². The molecule has 3 N–H and O–H groups in total. The Balaban J connectivity index is 1.90. The summed E-state index contributed by atoms with van der Waals surface area (Å²) in [6.45, 7) is 3.12.